The van der Waals surface area contributed by atoms with Gasteiger partial charge in [0.2, 0.25) is 0 Å². The molecule has 1 aromatic carbocycles. The lowest BCUT2D eigenvalue weighted by atomic mass is 9.97. The largest absolute Gasteiger partial charge is 0.508 e. The molecule has 0 fully saturated rings. The van der Waals surface area contributed by atoms with Crippen LogP contribution in [-0.2, 0) is 6.54 Å². The third-order valence-corrected chi connectivity index (χ3v) is 1.91. The molecule has 0 aliphatic carbocycles. The molecule has 0 unspecified atom stereocenters. The third-order valence-electron chi connectivity index (χ3n) is 1.91. The highest BCUT2D eigenvalue weighted by Gasteiger charge is 2.01. The highest BCUT2D eigenvalue weighted by molar-refractivity contribution is 6.11. The molecule has 70 valence electrons. The fourth-order valence-electron chi connectivity index (χ4n) is 1.01. The Morgan fingerprint density at radius 2 is 2.08 bits per heavy atom. The molecule has 0 aliphatic heterocycles. The van der Waals surface area contributed by atoms with Gasteiger partial charge in [-0.3, -0.25) is 0 Å². The molecule has 0 amide bonds. The minimum absolute atomic E-state index is 0.0552. The SMILES string of the molecule is B[C@@H](CO)NCc1ccccc1O. The summed E-state index contributed by atoms with van der Waals surface area (Å²) in [4.78, 5) is 0. The van der Waals surface area contributed by atoms with E-state index in [4.69, 9.17) is 5.11 Å². The van der Waals surface area contributed by atoms with Gasteiger partial charge in [-0.1, -0.05) is 18.2 Å². The number of para-hydroxylation sites is 1. The van der Waals surface area contributed by atoms with E-state index in [9.17, 15) is 5.11 Å². The number of hydrogen-bond donors (Lipinski definition) is 3. The number of rotatable bonds is 4. The lowest BCUT2D eigenvalue weighted by molar-refractivity contribution is 0.276. The lowest BCUT2D eigenvalue weighted by Gasteiger charge is -2.11. The summed E-state index contributed by atoms with van der Waals surface area (Å²) in [5, 5.41) is 21.2. The summed E-state index contributed by atoms with van der Waals surface area (Å²) in [7, 11) is 1.89. The van der Waals surface area contributed by atoms with Crippen molar-refractivity contribution in [1.82, 2.24) is 5.32 Å². The molecular formula is C9H14BNO2. The first kappa shape index (κ1) is 10.1. The van der Waals surface area contributed by atoms with Crippen LogP contribution in [0.25, 0.3) is 0 Å². The van der Waals surface area contributed by atoms with Crippen LogP contribution in [-0.4, -0.2) is 30.6 Å². The molecule has 0 radical (unpaired) electrons. The first-order valence-electron chi connectivity index (χ1n) is 4.35. The summed E-state index contributed by atoms with van der Waals surface area (Å²) < 4.78 is 0. The summed E-state index contributed by atoms with van der Waals surface area (Å²) in [6, 6.07) is 7.17. The molecule has 3 nitrogen and oxygen atoms in total. The number of aliphatic hydroxyl groups is 1. The molecule has 0 heterocycles. The molecule has 13 heavy (non-hydrogen) atoms. The van der Waals surface area contributed by atoms with Gasteiger partial charge in [0.25, 0.3) is 0 Å². The van der Waals surface area contributed by atoms with Gasteiger partial charge in [-0.05, 0) is 12.0 Å². The van der Waals surface area contributed by atoms with E-state index < -0.39 is 0 Å². The molecule has 0 saturated heterocycles. The highest BCUT2D eigenvalue weighted by atomic mass is 16.3. The van der Waals surface area contributed by atoms with Crippen molar-refractivity contribution in [3.63, 3.8) is 0 Å². The van der Waals surface area contributed by atoms with Gasteiger partial charge in [0.05, 0.1) is 6.61 Å². The predicted octanol–water partition coefficient (Wildman–Crippen LogP) is -0.567. The zero-order valence-electron chi connectivity index (χ0n) is 7.70. The Labute approximate surface area is 78.8 Å². The maximum Gasteiger partial charge on any atom is 0.126 e. The molecule has 4 heteroatoms. The Bertz CT molecular complexity index is 268. The maximum absolute atomic E-state index is 9.39. The topological polar surface area (TPSA) is 52.5 Å². The van der Waals surface area contributed by atoms with Gasteiger partial charge in [0.15, 0.2) is 0 Å². The van der Waals surface area contributed by atoms with Crippen molar-refractivity contribution in [3.05, 3.63) is 29.8 Å². The first-order valence-corrected chi connectivity index (χ1v) is 4.35. The Hall–Kier alpha value is -0.995. The zero-order chi connectivity index (χ0) is 9.68. The molecule has 0 saturated carbocycles. The van der Waals surface area contributed by atoms with E-state index in [2.05, 4.69) is 5.32 Å². The standard InChI is InChI=1S/C9H14BNO2/c10-9(6-12)11-5-7-3-1-2-4-8(7)13/h1-4,9,11-13H,5-6,10H2/t9-/m1/s1. The maximum atomic E-state index is 9.39. The molecule has 1 atom stereocenters. The van der Waals surface area contributed by atoms with Crippen molar-refractivity contribution in [3.8, 4) is 5.75 Å². The molecule has 0 aliphatic rings. The van der Waals surface area contributed by atoms with E-state index in [1.54, 1.807) is 12.1 Å². The molecule has 3 N–H and O–H groups in total. The lowest BCUT2D eigenvalue weighted by Crippen LogP contribution is -2.32. The van der Waals surface area contributed by atoms with Gasteiger partial charge < -0.3 is 15.5 Å². The monoisotopic (exact) mass is 179 g/mol. The second kappa shape index (κ2) is 4.89. The fraction of sp³-hybridized carbons (Fsp3) is 0.333. The van der Waals surface area contributed by atoms with E-state index in [0.717, 1.165) is 5.56 Å². The van der Waals surface area contributed by atoms with Crippen molar-refractivity contribution in [2.45, 2.75) is 12.5 Å². The average Bonchev–Trinajstić information content (AvgIpc) is 2.16. The first-order chi connectivity index (χ1) is 6.24. The second-order valence-electron chi connectivity index (χ2n) is 3.09. The highest BCUT2D eigenvalue weighted by Crippen LogP contribution is 2.14. The summed E-state index contributed by atoms with van der Waals surface area (Å²) in [6.07, 6.45) is 0. The van der Waals surface area contributed by atoms with Crippen LogP contribution in [0.4, 0.5) is 0 Å². The normalized spacial score (nSPS) is 12.7. The van der Waals surface area contributed by atoms with Crippen LogP contribution in [0.3, 0.4) is 0 Å². The van der Waals surface area contributed by atoms with Crippen molar-refractivity contribution in [1.29, 1.82) is 0 Å². The van der Waals surface area contributed by atoms with Crippen LogP contribution in [0, 0.1) is 0 Å². The van der Waals surface area contributed by atoms with Crippen LogP contribution in [0.1, 0.15) is 5.56 Å². The van der Waals surface area contributed by atoms with Crippen LogP contribution in [0.5, 0.6) is 5.75 Å². The summed E-state index contributed by atoms with van der Waals surface area (Å²) in [5.74, 6) is 0.347. The quantitative estimate of drug-likeness (QED) is 0.542. The number of nitrogens with one attached hydrogen (secondary N) is 1. The van der Waals surface area contributed by atoms with Gasteiger partial charge in [-0.15, -0.1) is 0 Å². The number of phenolic OH excluding ortho intramolecular Hbond substituents is 1. The smallest absolute Gasteiger partial charge is 0.126 e. The third kappa shape index (κ3) is 3.09. The van der Waals surface area contributed by atoms with E-state index in [-0.39, 0.29) is 12.5 Å². The van der Waals surface area contributed by atoms with Gasteiger partial charge in [0, 0.05) is 12.1 Å². The molecule has 1 aromatic rings. The van der Waals surface area contributed by atoms with Crippen LogP contribution >= 0.6 is 0 Å². The molecule has 0 aromatic heterocycles. The molecule has 0 bridgehead atoms. The summed E-state index contributed by atoms with van der Waals surface area (Å²) in [6.45, 7) is 0.683. The number of aromatic hydroxyl groups is 1. The van der Waals surface area contributed by atoms with E-state index in [1.165, 1.54) is 0 Å². The molecular weight excluding hydrogens is 165 g/mol. The predicted molar refractivity (Wildman–Crippen MR) is 54.4 cm³/mol. The summed E-state index contributed by atoms with van der Waals surface area (Å²) in [5.41, 5.74) is 0.850. The Kier molecular flexibility index (Phi) is 3.80. The summed E-state index contributed by atoms with van der Waals surface area (Å²) >= 11 is 0. The van der Waals surface area contributed by atoms with Crippen LogP contribution < -0.4 is 5.32 Å². The van der Waals surface area contributed by atoms with Crippen LogP contribution in [0.15, 0.2) is 24.3 Å². The minimum Gasteiger partial charge on any atom is -0.508 e. The Balaban J connectivity index is 2.50. The van der Waals surface area contributed by atoms with Gasteiger partial charge in [-0.2, -0.15) is 0 Å². The number of aliphatic hydroxyl groups excluding tert-OH is 1. The van der Waals surface area contributed by atoms with E-state index >= 15 is 0 Å². The van der Waals surface area contributed by atoms with Gasteiger partial charge in [-0.25, -0.2) is 0 Å². The minimum atomic E-state index is 0.0552. The fourth-order valence-corrected chi connectivity index (χ4v) is 1.01. The Morgan fingerprint density at radius 3 is 2.69 bits per heavy atom. The van der Waals surface area contributed by atoms with Gasteiger partial charge >= 0.3 is 0 Å². The average molecular weight is 179 g/mol. The van der Waals surface area contributed by atoms with Crippen molar-refractivity contribution in [2.24, 2.45) is 0 Å². The van der Waals surface area contributed by atoms with Crippen LogP contribution in [0.2, 0.25) is 0 Å². The van der Waals surface area contributed by atoms with Crippen molar-refractivity contribution < 1.29 is 10.2 Å². The van der Waals surface area contributed by atoms with E-state index in [0.29, 0.717) is 12.3 Å². The van der Waals surface area contributed by atoms with E-state index in [1.807, 2.05) is 20.0 Å². The number of hydrogen-bond acceptors (Lipinski definition) is 3. The van der Waals surface area contributed by atoms with Crippen molar-refractivity contribution >= 4 is 7.85 Å². The van der Waals surface area contributed by atoms with Crippen molar-refractivity contribution in [2.75, 3.05) is 6.61 Å². The number of benzene rings is 1. The molecule has 1 rings (SSSR count). The number of phenols is 1. The molecule has 0 spiro atoms. The zero-order valence-corrected chi connectivity index (χ0v) is 7.70. The van der Waals surface area contributed by atoms with Gasteiger partial charge in [0.1, 0.15) is 13.6 Å². The Morgan fingerprint density at radius 1 is 1.38 bits per heavy atom. The second-order valence-corrected chi connectivity index (χ2v) is 3.09.